The van der Waals surface area contributed by atoms with Gasteiger partial charge in [-0.15, -0.1) is 0 Å². The summed E-state index contributed by atoms with van der Waals surface area (Å²) in [5, 5.41) is 3.68. The van der Waals surface area contributed by atoms with E-state index < -0.39 is 17.5 Å². The first-order valence-corrected chi connectivity index (χ1v) is 8.97. The Labute approximate surface area is 166 Å². The van der Waals surface area contributed by atoms with Crippen molar-refractivity contribution in [3.05, 3.63) is 65.2 Å². The van der Waals surface area contributed by atoms with Crippen molar-refractivity contribution in [3.8, 4) is 0 Å². The number of benzene rings is 2. The topological polar surface area (TPSA) is 93.1 Å². The first-order chi connectivity index (χ1) is 14.0. The molecular formula is C20H21F3N6. The molecule has 0 saturated carbocycles. The van der Waals surface area contributed by atoms with Crippen LogP contribution >= 0.6 is 0 Å². The number of nitrogens with zero attached hydrogens (tertiary/aromatic N) is 3. The van der Waals surface area contributed by atoms with Gasteiger partial charge in [0.2, 0.25) is 0 Å². The van der Waals surface area contributed by atoms with Gasteiger partial charge in [0, 0.05) is 31.8 Å². The van der Waals surface area contributed by atoms with Crippen LogP contribution in [0.2, 0.25) is 0 Å². The zero-order valence-corrected chi connectivity index (χ0v) is 15.6. The molecule has 1 heterocycles. The van der Waals surface area contributed by atoms with Crippen LogP contribution in [-0.2, 0) is 0 Å². The van der Waals surface area contributed by atoms with E-state index in [9.17, 15) is 13.2 Å². The van der Waals surface area contributed by atoms with Gasteiger partial charge in [0.05, 0.1) is 5.52 Å². The number of hydrogen-bond acceptors (Lipinski definition) is 6. The molecule has 9 heteroatoms. The number of rotatable bonds is 8. The standard InChI is InChI=1S/C20H21F3N6/c21-14-3-5-18-15(10-14)20(26-7-8-29(11-24)12-25)28-19(27-18)6-2-13-1-4-16(22)17(23)9-13/h1-6,9-10H,7-8,11-12,24-25H2,(H,26,27,28)/b6-2+. The first-order valence-electron chi connectivity index (χ1n) is 8.97. The highest BCUT2D eigenvalue weighted by Crippen LogP contribution is 2.22. The number of hydrogen-bond donors (Lipinski definition) is 3. The Balaban J connectivity index is 1.88. The smallest absolute Gasteiger partial charge is 0.159 e. The van der Waals surface area contributed by atoms with Crippen LogP contribution in [0, 0.1) is 17.5 Å². The molecule has 0 aliphatic carbocycles. The van der Waals surface area contributed by atoms with Crippen LogP contribution in [0.3, 0.4) is 0 Å². The summed E-state index contributed by atoms with van der Waals surface area (Å²) in [4.78, 5) is 10.6. The van der Waals surface area contributed by atoms with Crippen LogP contribution in [0.15, 0.2) is 36.4 Å². The lowest BCUT2D eigenvalue weighted by molar-refractivity contribution is 0.301. The van der Waals surface area contributed by atoms with Crippen LogP contribution in [0.1, 0.15) is 11.4 Å². The quantitative estimate of drug-likeness (QED) is 0.502. The molecular weight excluding hydrogens is 381 g/mol. The molecule has 29 heavy (non-hydrogen) atoms. The maximum Gasteiger partial charge on any atom is 0.159 e. The third-order valence-electron chi connectivity index (χ3n) is 4.28. The van der Waals surface area contributed by atoms with E-state index in [0.717, 1.165) is 12.1 Å². The zero-order chi connectivity index (χ0) is 20.8. The number of halogens is 3. The number of anilines is 1. The number of fused-ring (bicyclic) bond motifs is 1. The van der Waals surface area contributed by atoms with Gasteiger partial charge in [0.1, 0.15) is 11.6 Å². The minimum absolute atomic E-state index is 0.319. The fraction of sp³-hybridized carbons (Fsp3) is 0.200. The summed E-state index contributed by atoms with van der Waals surface area (Å²) >= 11 is 0. The Kier molecular flexibility index (Phi) is 6.76. The van der Waals surface area contributed by atoms with Crippen molar-refractivity contribution in [2.75, 3.05) is 31.7 Å². The highest BCUT2D eigenvalue weighted by molar-refractivity contribution is 5.90. The van der Waals surface area contributed by atoms with Crippen LogP contribution < -0.4 is 16.8 Å². The molecule has 0 unspecified atom stereocenters. The summed E-state index contributed by atoms with van der Waals surface area (Å²) in [5.41, 5.74) is 12.2. The van der Waals surface area contributed by atoms with E-state index in [1.807, 2.05) is 4.90 Å². The predicted molar refractivity (Wildman–Crippen MR) is 108 cm³/mol. The van der Waals surface area contributed by atoms with Crippen LogP contribution in [-0.4, -0.2) is 41.3 Å². The normalized spacial score (nSPS) is 11.7. The van der Waals surface area contributed by atoms with Crippen LogP contribution in [0.5, 0.6) is 0 Å². The van der Waals surface area contributed by atoms with Gasteiger partial charge in [0.25, 0.3) is 0 Å². The molecule has 0 saturated heterocycles. The molecule has 0 bridgehead atoms. The molecule has 1 aromatic heterocycles. The van der Waals surface area contributed by atoms with Crippen molar-refractivity contribution in [2.24, 2.45) is 11.5 Å². The summed E-state index contributed by atoms with van der Waals surface area (Å²) in [6.45, 7) is 1.70. The molecule has 2 aromatic carbocycles. The van der Waals surface area contributed by atoms with Gasteiger partial charge < -0.3 is 16.8 Å². The van der Waals surface area contributed by atoms with Crippen molar-refractivity contribution >= 4 is 28.9 Å². The van der Waals surface area contributed by atoms with Crippen molar-refractivity contribution in [2.45, 2.75) is 0 Å². The Hall–Kier alpha value is -3.01. The third-order valence-corrected chi connectivity index (χ3v) is 4.28. The van der Waals surface area contributed by atoms with Gasteiger partial charge in [-0.2, -0.15) is 0 Å². The lowest BCUT2D eigenvalue weighted by Gasteiger charge is -2.18. The second kappa shape index (κ2) is 9.46. The maximum atomic E-state index is 13.7. The summed E-state index contributed by atoms with van der Waals surface area (Å²) in [6.07, 6.45) is 3.15. The lowest BCUT2D eigenvalue weighted by Crippen LogP contribution is -2.38. The van der Waals surface area contributed by atoms with Crippen molar-refractivity contribution in [1.29, 1.82) is 0 Å². The molecule has 0 atom stereocenters. The van der Waals surface area contributed by atoms with E-state index in [4.69, 9.17) is 11.5 Å². The summed E-state index contributed by atoms with van der Waals surface area (Å²) < 4.78 is 40.1. The molecule has 3 rings (SSSR count). The predicted octanol–water partition coefficient (Wildman–Crippen LogP) is 2.76. The van der Waals surface area contributed by atoms with Crippen LogP contribution in [0.25, 0.3) is 23.1 Å². The Bertz CT molecular complexity index is 1020. The SMILES string of the molecule is NCN(CN)CCNc1nc(/C=C/c2ccc(F)c(F)c2)nc2ccc(F)cc12. The molecule has 152 valence electrons. The average Bonchev–Trinajstić information content (AvgIpc) is 2.72. The molecule has 0 aliphatic heterocycles. The maximum absolute atomic E-state index is 13.7. The Morgan fingerprint density at radius 3 is 2.45 bits per heavy atom. The Morgan fingerprint density at radius 1 is 0.931 bits per heavy atom. The van der Waals surface area contributed by atoms with Gasteiger partial charge in [-0.05, 0) is 42.0 Å². The Morgan fingerprint density at radius 2 is 1.72 bits per heavy atom. The fourth-order valence-corrected chi connectivity index (χ4v) is 2.70. The van der Waals surface area contributed by atoms with E-state index in [1.165, 1.54) is 18.2 Å². The van der Waals surface area contributed by atoms with E-state index in [1.54, 1.807) is 18.2 Å². The minimum atomic E-state index is -0.936. The van der Waals surface area contributed by atoms with Crippen molar-refractivity contribution < 1.29 is 13.2 Å². The molecule has 0 fully saturated rings. The highest BCUT2D eigenvalue weighted by atomic mass is 19.2. The first kappa shape index (κ1) is 20.7. The highest BCUT2D eigenvalue weighted by Gasteiger charge is 2.09. The fourth-order valence-electron chi connectivity index (χ4n) is 2.70. The summed E-state index contributed by atoms with van der Waals surface area (Å²) in [7, 11) is 0. The van der Waals surface area contributed by atoms with Gasteiger partial charge in [-0.1, -0.05) is 12.1 Å². The average molecular weight is 402 g/mol. The van der Waals surface area contributed by atoms with E-state index >= 15 is 0 Å². The number of nitrogens with two attached hydrogens (primary N) is 2. The largest absolute Gasteiger partial charge is 0.368 e. The zero-order valence-electron chi connectivity index (χ0n) is 15.6. The number of aromatic nitrogens is 2. The minimum Gasteiger partial charge on any atom is -0.368 e. The summed E-state index contributed by atoms with van der Waals surface area (Å²) in [5.74, 6) is -1.46. The molecule has 0 spiro atoms. The molecule has 0 amide bonds. The van der Waals surface area contributed by atoms with E-state index in [0.29, 0.717) is 54.5 Å². The molecule has 5 N–H and O–H groups in total. The molecule has 6 nitrogen and oxygen atoms in total. The molecule has 0 radical (unpaired) electrons. The molecule has 3 aromatic rings. The van der Waals surface area contributed by atoms with Crippen LogP contribution in [0.4, 0.5) is 19.0 Å². The van der Waals surface area contributed by atoms with Gasteiger partial charge in [0.15, 0.2) is 17.5 Å². The lowest BCUT2D eigenvalue weighted by atomic mass is 10.2. The third kappa shape index (κ3) is 5.29. The number of nitrogens with one attached hydrogen (secondary N) is 1. The van der Waals surface area contributed by atoms with Crippen molar-refractivity contribution in [1.82, 2.24) is 14.9 Å². The monoisotopic (exact) mass is 402 g/mol. The van der Waals surface area contributed by atoms with Gasteiger partial charge in [-0.3, -0.25) is 4.90 Å². The van der Waals surface area contributed by atoms with Crippen molar-refractivity contribution in [3.63, 3.8) is 0 Å². The molecule has 0 aliphatic rings. The second-order valence-electron chi connectivity index (χ2n) is 6.29. The van der Waals surface area contributed by atoms with E-state index in [-0.39, 0.29) is 0 Å². The van der Waals surface area contributed by atoms with Gasteiger partial charge >= 0.3 is 0 Å². The van der Waals surface area contributed by atoms with Gasteiger partial charge in [-0.25, -0.2) is 23.1 Å². The second-order valence-corrected chi connectivity index (χ2v) is 6.29. The van der Waals surface area contributed by atoms with E-state index in [2.05, 4.69) is 15.3 Å². The summed E-state index contributed by atoms with van der Waals surface area (Å²) in [6, 6.07) is 7.79.